The van der Waals surface area contributed by atoms with Crippen LogP contribution in [0.25, 0.3) is 0 Å². The van der Waals surface area contributed by atoms with Gasteiger partial charge in [0.15, 0.2) is 0 Å². The maximum Gasteiger partial charge on any atom is 0.217 e. The van der Waals surface area contributed by atoms with Gasteiger partial charge in [0.25, 0.3) is 0 Å². The van der Waals surface area contributed by atoms with E-state index in [1.165, 1.54) is 4.31 Å². The summed E-state index contributed by atoms with van der Waals surface area (Å²) in [5, 5.41) is -0.501. The van der Waals surface area contributed by atoms with E-state index >= 15 is 0 Å². The average Bonchev–Trinajstić information content (AvgIpc) is 2.23. The Labute approximate surface area is 97.6 Å². The quantitative estimate of drug-likeness (QED) is 0.728. The molecule has 15 heavy (non-hydrogen) atoms. The second-order valence-corrected chi connectivity index (χ2v) is 7.13. The highest BCUT2D eigenvalue weighted by Crippen LogP contribution is 2.13. The van der Waals surface area contributed by atoms with E-state index in [1.807, 2.05) is 13.2 Å². The Morgan fingerprint density at radius 3 is 2.33 bits per heavy atom. The molecule has 0 amide bonds. The highest BCUT2D eigenvalue weighted by molar-refractivity contribution is 7.98. The lowest BCUT2D eigenvalue weighted by molar-refractivity contribution is 0.377. The first-order chi connectivity index (χ1) is 6.87. The van der Waals surface area contributed by atoms with Gasteiger partial charge >= 0.3 is 0 Å². The van der Waals surface area contributed by atoms with Crippen LogP contribution in [0.5, 0.6) is 0 Å². The van der Waals surface area contributed by atoms with Gasteiger partial charge < -0.3 is 5.73 Å². The maximum absolute atomic E-state index is 11.9. The van der Waals surface area contributed by atoms with E-state index in [0.717, 1.165) is 12.2 Å². The zero-order valence-corrected chi connectivity index (χ0v) is 11.6. The predicted molar refractivity (Wildman–Crippen MR) is 67.7 cm³/mol. The van der Waals surface area contributed by atoms with Crippen LogP contribution in [0.4, 0.5) is 0 Å². The number of nitrogens with two attached hydrogens (primary N) is 1. The van der Waals surface area contributed by atoms with Crippen molar-refractivity contribution in [3.05, 3.63) is 0 Å². The Kier molecular flexibility index (Phi) is 6.83. The minimum Gasteiger partial charge on any atom is -0.329 e. The largest absolute Gasteiger partial charge is 0.329 e. The fourth-order valence-electron chi connectivity index (χ4n) is 1.13. The monoisotopic (exact) mass is 254 g/mol. The summed E-state index contributed by atoms with van der Waals surface area (Å²) in [6.07, 6.45) is 2.89. The summed E-state index contributed by atoms with van der Waals surface area (Å²) in [5.41, 5.74) is 5.39. The Bertz CT molecular complexity index is 267. The van der Waals surface area contributed by atoms with Gasteiger partial charge in [-0.25, -0.2) is 12.7 Å². The molecule has 0 aromatic carbocycles. The molecule has 0 fully saturated rings. The summed E-state index contributed by atoms with van der Waals surface area (Å²) in [4.78, 5) is 0. The number of thioether (sulfide) groups is 1. The second kappa shape index (κ2) is 6.73. The van der Waals surface area contributed by atoms with Gasteiger partial charge in [-0.3, -0.25) is 0 Å². The van der Waals surface area contributed by atoms with Gasteiger partial charge in [0.05, 0.1) is 5.25 Å². The molecule has 0 aromatic rings. The van der Waals surface area contributed by atoms with E-state index in [2.05, 4.69) is 0 Å². The molecule has 0 spiro atoms. The highest BCUT2D eigenvalue weighted by atomic mass is 32.2. The van der Waals surface area contributed by atoms with Crippen LogP contribution in [0.1, 0.15) is 20.3 Å². The first-order valence-electron chi connectivity index (χ1n) is 5.03. The van der Waals surface area contributed by atoms with Gasteiger partial charge in [-0.2, -0.15) is 11.8 Å². The zero-order chi connectivity index (χ0) is 12.1. The smallest absolute Gasteiger partial charge is 0.217 e. The van der Waals surface area contributed by atoms with Crippen molar-refractivity contribution >= 4 is 21.8 Å². The summed E-state index contributed by atoms with van der Waals surface area (Å²) in [7, 11) is -1.59. The van der Waals surface area contributed by atoms with Crippen molar-refractivity contribution in [1.82, 2.24) is 4.31 Å². The van der Waals surface area contributed by atoms with Crippen molar-refractivity contribution in [2.24, 2.45) is 5.73 Å². The van der Waals surface area contributed by atoms with Crippen LogP contribution in [0.2, 0.25) is 0 Å². The van der Waals surface area contributed by atoms with Crippen molar-refractivity contribution in [2.75, 3.05) is 25.6 Å². The predicted octanol–water partition coefficient (Wildman–Crippen LogP) is 0.737. The van der Waals surface area contributed by atoms with Crippen LogP contribution in [-0.2, 0) is 10.0 Å². The summed E-state index contributed by atoms with van der Waals surface area (Å²) in [5.74, 6) is 0.970. The van der Waals surface area contributed by atoms with Crippen LogP contribution in [0.3, 0.4) is 0 Å². The minimum atomic E-state index is -3.22. The Hall–Kier alpha value is 0.220. The normalized spacial score (nSPS) is 16.7. The van der Waals surface area contributed by atoms with E-state index in [1.54, 1.807) is 25.7 Å². The maximum atomic E-state index is 11.9. The van der Waals surface area contributed by atoms with E-state index < -0.39 is 15.3 Å². The summed E-state index contributed by atoms with van der Waals surface area (Å²) in [6.45, 7) is 3.74. The Morgan fingerprint density at radius 2 is 1.93 bits per heavy atom. The third-order valence-corrected chi connectivity index (χ3v) is 5.62. The lowest BCUT2D eigenvalue weighted by atomic mass is 10.3. The fraction of sp³-hybridized carbons (Fsp3) is 1.00. The molecule has 4 nitrogen and oxygen atoms in total. The molecule has 0 aliphatic heterocycles. The summed E-state index contributed by atoms with van der Waals surface area (Å²) in [6, 6.07) is 0.0384. The molecule has 0 saturated heterocycles. The van der Waals surface area contributed by atoms with Gasteiger partial charge in [-0.05, 0) is 32.3 Å². The number of hydrogen-bond donors (Lipinski definition) is 1. The van der Waals surface area contributed by atoms with E-state index in [0.29, 0.717) is 0 Å². The molecule has 2 atom stereocenters. The van der Waals surface area contributed by atoms with Crippen LogP contribution in [0, 0.1) is 0 Å². The fourth-order valence-corrected chi connectivity index (χ4v) is 3.12. The molecule has 6 heteroatoms. The second-order valence-electron chi connectivity index (χ2n) is 3.74. The molecular weight excluding hydrogens is 232 g/mol. The highest BCUT2D eigenvalue weighted by Gasteiger charge is 2.27. The topological polar surface area (TPSA) is 63.4 Å². The van der Waals surface area contributed by atoms with Gasteiger partial charge in [-0.15, -0.1) is 0 Å². The molecule has 0 rings (SSSR count). The van der Waals surface area contributed by atoms with E-state index in [-0.39, 0.29) is 12.6 Å². The lowest BCUT2D eigenvalue weighted by Gasteiger charge is -2.26. The molecule has 92 valence electrons. The number of sulfonamides is 1. The summed E-state index contributed by atoms with van der Waals surface area (Å²) >= 11 is 1.73. The Morgan fingerprint density at radius 1 is 1.40 bits per heavy atom. The molecule has 2 N–H and O–H groups in total. The van der Waals surface area contributed by atoms with Crippen LogP contribution in [-0.4, -0.2) is 49.6 Å². The van der Waals surface area contributed by atoms with Gasteiger partial charge in [0.2, 0.25) is 10.0 Å². The van der Waals surface area contributed by atoms with Crippen LogP contribution >= 0.6 is 11.8 Å². The molecule has 2 unspecified atom stereocenters. The van der Waals surface area contributed by atoms with Gasteiger partial charge in [-0.1, -0.05) is 0 Å². The third kappa shape index (κ3) is 4.30. The molecule has 0 radical (unpaired) electrons. The van der Waals surface area contributed by atoms with Crippen LogP contribution < -0.4 is 5.73 Å². The minimum absolute atomic E-state index is 0.0384. The molecule has 0 aliphatic carbocycles. The van der Waals surface area contributed by atoms with Crippen molar-refractivity contribution in [3.63, 3.8) is 0 Å². The summed E-state index contributed by atoms with van der Waals surface area (Å²) < 4.78 is 25.3. The molecule has 0 aromatic heterocycles. The SMILES string of the molecule is CSCCC(C)N(C)S(=O)(=O)C(C)CN. The van der Waals surface area contributed by atoms with Crippen LogP contribution in [0.15, 0.2) is 0 Å². The van der Waals surface area contributed by atoms with E-state index in [9.17, 15) is 8.42 Å². The van der Waals surface area contributed by atoms with Crippen molar-refractivity contribution < 1.29 is 8.42 Å². The standard InChI is InChI=1S/C9H22N2O2S2/c1-8(5-6-14-4)11(3)15(12,13)9(2)7-10/h8-9H,5-7,10H2,1-4H3. The van der Waals surface area contributed by atoms with E-state index in [4.69, 9.17) is 5.73 Å². The zero-order valence-electron chi connectivity index (χ0n) is 9.93. The van der Waals surface area contributed by atoms with Gasteiger partial charge in [0.1, 0.15) is 0 Å². The number of hydrogen-bond acceptors (Lipinski definition) is 4. The first-order valence-corrected chi connectivity index (χ1v) is 7.93. The first kappa shape index (κ1) is 15.2. The number of nitrogens with zero attached hydrogens (tertiary/aromatic N) is 1. The molecule has 0 bridgehead atoms. The third-order valence-electron chi connectivity index (χ3n) is 2.60. The van der Waals surface area contributed by atoms with Gasteiger partial charge in [0, 0.05) is 19.6 Å². The molecule has 0 saturated carbocycles. The molecule has 0 heterocycles. The van der Waals surface area contributed by atoms with Crippen molar-refractivity contribution in [3.8, 4) is 0 Å². The number of rotatable bonds is 7. The van der Waals surface area contributed by atoms with Crippen molar-refractivity contribution in [2.45, 2.75) is 31.6 Å². The lowest BCUT2D eigenvalue weighted by Crippen LogP contribution is -2.43. The molecular formula is C9H22N2O2S2. The average molecular weight is 254 g/mol. The van der Waals surface area contributed by atoms with Crippen molar-refractivity contribution in [1.29, 1.82) is 0 Å². The Balaban J connectivity index is 4.48. The molecule has 0 aliphatic rings.